The first-order valence-corrected chi connectivity index (χ1v) is 10.1. The molecule has 0 radical (unpaired) electrons. The van der Waals surface area contributed by atoms with Gasteiger partial charge >= 0.3 is 0 Å². The van der Waals surface area contributed by atoms with E-state index in [4.69, 9.17) is 4.98 Å². The molecule has 1 N–H and O–H groups in total. The van der Waals surface area contributed by atoms with Crippen LogP contribution in [0.2, 0.25) is 0 Å². The maximum Gasteiger partial charge on any atom is 0.204 e. The summed E-state index contributed by atoms with van der Waals surface area (Å²) in [6.07, 6.45) is 1.79. The molecular weight excluding hydrogens is 418 g/mol. The maximum absolute atomic E-state index is 4.79. The number of hydrogen-bond donors (Lipinski definition) is 1. The molecule has 5 heteroatoms. The molecule has 4 rings (SSSR count). The lowest BCUT2D eigenvalue weighted by molar-refractivity contribution is 1.29. The molecular formula is C22H16BrN3S. The normalized spacial score (nSPS) is 11.0. The second kappa shape index (κ2) is 8.29. The lowest BCUT2D eigenvalue weighted by Crippen LogP contribution is -1.90. The minimum atomic E-state index is 0.763. The van der Waals surface area contributed by atoms with Crippen LogP contribution in [0.25, 0.3) is 21.7 Å². The lowest BCUT2D eigenvalue weighted by atomic mass is 10.1. The molecule has 0 saturated carbocycles. The van der Waals surface area contributed by atoms with E-state index in [1.807, 2.05) is 60.7 Å². The van der Waals surface area contributed by atoms with Crippen molar-refractivity contribution in [3.05, 3.63) is 95.0 Å². The minimum Gasteiger partial charge on any atom is -0.253 e. The quantitative estimate of drug-likeness (QED) is 0.281. The van der Waals surface area contributed by atoms with Gasteiger partial charge in [-0.25, -0.2) is 4.98 Å². The molecule has 0 spiro atoms. The van der Waals surface area contributed by atoms with Crippen LogP contribution in [0.1, 0.15) is 5.56 Å². The van der Waals surface area contributed by atoms with Crippen molar-refractivity contribution >= 4 is 38.6 Å². The Kier molecular flexibility index (Phi) is 5.42. The molecule has 132 valence electrons. The van der Waals surface area contributed by atoms with Gasteiger partial charge in [-0.15, -0.1) is 0 Å². The van der Waals surface area contributed by atoms with Gasteiger partial charge in [0.25, 0.3) is 0 Å². The average molecular weight is 434 g/mol. The van der Waals surface area contributed by atoms with Crippen LogP contribution in [-0.2, 0) is 0 Å². The Balaban J connectivity index is 1.65. The van der Waals surface area contributed by atoms with E-state index in [2.05, 4.69) is 50.7 Å². The highest BCUT2D eigenvalue weighted by molar-refractivity contribution is 9.10. The molecule has 0 saturated heterocycles. The Bertz CT molecular complexity index is 1000. The molecule has 0 atom stereocenters. The van der Waals surface area contributed by atoms with Gasteiger partial charge in [0.05, 0.1) is 16.8 Å². The second-order valence-electron chi connectivity index (χ2n) is 5.85. The van der Waals surface area contributed by atoms with Crippen LogP contribution >= 0.6 is 27.3 Å². The third-order valence-corrected chi connectivity index (χ3v) is 5.44. The Labute approximate surface area is 170 Å². The number of nitrogens with zero attached hydrogens (tertiary/aromatic N) is 2. The molecule has 0 aliphatic heterocycles. The third kappa shape index (κ3) is 4.32. The Morgan fingerprint density at radius 2 is 1.56 bits per heavy atom. The maximum atomic E-state index is 4.79. The zero-order valence-electron chi connectivity index (χ0n) is 14.3. The molecule has 0 aliphatic carbocycles. The molecule has 0 bridgehead atoms. The van der Waals surface area contributed by atoms with Gasteiger partial charge in [0.15, 0.2) is 0 Å². The first-order valence-electron chi connectivity index (χ1n) is 8.46. The Morgan fingerprint density at radius 1 is 0.852 bits per heavy atom. The van der Waals surface area contributed by atoms with Gasteiger partial charge in [-0.05, 0) is 23.3 Å². The number of thiazole rings is 1. The van der Waals surface area contributed by atoms with Gasteiger partial charge < -0.3 is 0 Å². The number of benzene rings is 3. The summed E-state index contributed by atoms with van der Waals surface area (Å²) in [5.74, 6) is 0. The second-order valence-corrected chi connectivity index (χ2v) is 7.77. The summed E-state index contributed by atoms with van der Waals surface area (Å²) in [5, 5.41) is 5.11. The predicted molar refractivity (Wildman–Crippen MR) is 118 cm³/mol. The van der Waals surface area contributed by atoms with Crippen LogP contribution in [0.5, 0.6) is 0 Å². The van der Waals surface area contributed by atoms with E-state index in [-0.39, 0.29) is 0 Å². The summed E-state index contributed by atoms with van der Waals surface area (Å²) in [4.78, 5) is 5.92. The van der Waals surface area contributed by atoms with E-state index >= 15 is 0 Å². The number of hydrogen-bond acceptors (Lipinski definition) is 4. The molecule has 0 aliphatic rings. The van der Waals surface area contributed by atoms with E-state index in [1.54, 1.807) is 17.6 Å². The first kappa shape index (κ1) is 17.6. The highest BCUT2D eigenvalue weighted by Crippen LogP contribution is 2.38. The number of halogens is 1. The Morgan fingerprint density at radius 3 is 2.26 bits per heavy atom. The summed E-state index contributed by atoms with van der Waals surface area (Å²) in [5.41, 5.74) is 7.30. The number of nitrogens with one attached hydrogen (secondary N) is 1. The van der Waals surface area contributed by atoms with Crippen LogP contribution in [0.4, 0.5) is 5.13 Å². The fourth-order valence-electron chi connectivity index (χ4n) is 2.69. The fraction of sp³-hybridized carbons (Fsp3) is 0. The zero-order chi connectivity index (χ0) is 18.5. The van der Waals surface area contributed by atoms with Crippen LogP contribution in [0.3, 0.4) is 0 Å². The van der Waals surface area contributed by atoms with Gasteiger partial charge in [0.1, 0.15) is 0 Å². The molecule has 4 aromatic rings. The largest absolute Gasteiger partial charge is 0.253 e. The summed E-state index contributed by atoms with van der Waals surface area (Å²) in [6, 6.07) is 28.5. The highest BCUT2D eigenvalue weighted by Gasteiger charge is 2.14. The van der Waals surface area contributed by atoms with Crippen LogP contribution in [0.15, 0.2) is 94.5 Å². The molecule has 0 unspecified atom stereocenters. The summed E-state index contributed by atoms with van der Waals surface area (Å²) < 4.78 is 1.03. The number of hydrazone groups is 1. The van der Waals surface area contributed by atoms with Crippen molar-refractivity contribution in [1.82, 2.24) is 4.98 Å². The number of anilines is 1. The first-order chi connectivity index (χ1) is 13.3. The standard InChI is InChI=1S/C22H16BrN3S/c23-19-13-7-8-16(14-19)15-24-26-22-25-20(17-9-3-1-4-10-17)21(27-22)18-11-5-2-6-12-18/h1-15H,(H,25,26)/b24-15-. The van der Waals surface area contributed by atoms with Gasteiger partial charge in [0.2, 0.25) is 5.13 Å². The third-order valence-electron chi connectivity index (χ3n) is 3.93. The van der Waals surface area contributed by atoms with Crippen molar-refractivity contribution in [3.8, 4) is 21.7 Å². The molecule has 3 nitrogen and oxygen atoms in total. The summed E-state index contributed by atoms with van der Waals surface area (Å²) in [7, 11) is 0. The predicted octanol–water partition coefficient (Wildman–Crippen LogP) is 6.69. The van der Waals surface area contributed by atoms with Crippen molar-refractivity contribution in [2.75, 3.05) is 5.43 Å². The van der Waals surface area contributed by atoms with Crippen molar-refractivity contribution < 1.29 is 0 Å². The summed E-state index contributed by atoms with van der Waals surface area (Å²) >= 11 is 5.07. The van der Waals surface area contributed by atoms with Crippen molar-refractivity contribution in [2.45, 2.75) is 0 Å². The van der Waals surface area contributed by atoms with E-state index in [1.165, 1.54) is 0 Å². The SMILES string of the molecule is Brc1cccc(/C=N\Nc2nc(-c3ccccc3)c(-c3ccccc3)s2)c1. The molecule has 3 aromatic carbocycles. The van der Waals surface area contributed by atoms with E-state index in [0.717, 1.165) is 36.9 Å². The topological polar surface area (TPSA) is 37.3 Å². The van der Waals surface area contributed by atoms with Crippen molar-refractivity contribution in [2.24, 2.45) is 5.10 Å². The van der Waals surface area contributed by atoms with Crippen molar-refractivity contribution in [1.29, 1.82) is 0 Å². The van der Waals surface area contributed by atoms with Gasteiger partial charge in [-0.3, -0.25) is 5.43 Å². The van der Waals surface area contributed by atoms with E-state index < -0.39 is 0 Å². The molecule has 27 heavy (non-hydrogen) atoms. The number of aromatic nitrogens is 1. The molecule has 1 aromatic heterocycles. The number of rotatable bonds is 5. The zero-order valence-corrected chi connectivity index (χ0v) is 16.7. The minimum absolute atomic E-state index is 0.763. The average Bonchev–Trinajstić information content (AvgIpc) is 3.14. The molecule has 0 amide bonds. The van der Waals surface area contributed by atoms with Gasteiger partial charge in [-0.1, -0.05) is 100 Å². The van der Waals surface area contributed by atoms with Crippen LogP contribution in [0, 0.1) is 0 Å². The van der Waals surface area contributed by atoms with Crippen LogP contribution in [-0.4, -0.2) is 11.2 Å². The summed E-state index contributed by atoms with van der Waals surface area (Å²) in [6.45, 7) is 0. The lowest BCUT2D eigenvalue weighted by Gasteiger charge is -2.02. The van der Waals surface area contributed by atoms with Gasteiger partial charge in [0, 0.05) is 10.0 Å². The van der Waals surface area contributed by atoms with Crippen molar-refractivity contribution in [3.63, 3.8) is 0 Å². The smallest absolute Gasteiger partial charge is 0.204 e. The fourth-order valence-corrected chi connectivity index (χ4v) is 4.05. The molecule has 0 fully saturated rings. The monoisotopic (exact) mass is 433 g/mol. The van der Waals surface area contributed by atoms with E-state index in [0.29, 0.717) is 0 Å². The molecule has 1 heterocycles. The van der Waals surface area contributed by atoms with E-state index in [9.17, 15) is 0 Å². The van der Waals surface area contributed by atoms with Gasteiger partial charge in [-0.2, -0.15) is 5.10 Å². The Hall–Kier alpha value is -2.76. The van der Waals surface area contributed by atoms with Crippen LogP contribution < -0.4 is 5.43 Å². The highest BCUT2D eigenvalue weighted by atomic mass is 79.9.